The first-order valence-electron chi connectivity index (χ1n) is 10.0. The SMILES string of the molecule is CCC(C)(C(=O)OC(CC(C)(C)C)OC1CCN(C(C)=O)CC1)C(C)C. The second-order valence-electron chi connectivity index (χ2n) is 9.37. The molecule has 5 heteroatoms. The van der Waals surface area contributed by atoms with Gasteiger partial charge in [0.1, 0.15) is 0 Å². The van der Waals surface area contributed by atoms with E-state index in [2.05, 4.69) is 34.6 Å². The van der Waals surface area contributed by atoms with Crippen LogP contribution in [0.4, 0.5) is 0 Å². The van der Waals surface area contributed by atoms with Crippen molar-refractivity contribution in [2.75, 3.05) is 13.1 Å². The van der Waals surface area contributed by atoms with Crippen molar-refractivity contribution in [1.82, 2.24) is 4.90 Å². The van der Waals surface area contributed by atoms with Gasteiger partial charge in [0, 0.05) is 26.4 Å². The molecule has 5 nitrogen and oxygen atoms in total. The van der Waals surface area contributed by atoms with Gasteiger partial charge in [0.2, 0.25) is 12.2 Å². The van der Waals surface area contributed by atoms with Crippen LogP contribution in [0.3, 0.4) is 0 Å². The molecule has 0 saturated carbocycles. The van der Waals surface area contributed by atoms with E-state index in [1.54, 1.807) is 6.92 Å². The molecule has 1 aliphatic heterocycles. The fourth-order valence-corrected chi connectivity index (χ4v) is 3.18. The van der Waals surface area contributed by atoms with Crippen molar-refractivity contribution in [2.45, 2.75) is 93.5 Å². The summed E-state index contributed by atoms with van der Waals surface area (Å²) in [4.78, 5) is 26.2. The van der Waals surface area contributed by atoms with Crippen LogP contribution in [0.2, 0.25) is 0 Å². The second-order valence-corrected chi connectivity index (χ2v) is 9.37. The highest BCUT2D eigenvalue weighted by atomic mass is 16.7. The molecule has 2 unspecified atom stereocenters. The molecule has 0 spiro atoms. The minimum atomic E-state index is -0.541. The third kappa shape index (κ3) is 6.57. The smallest absolute Gasteiger partial charge is 0.314 e. The number of rotatable bonds is 7. The van der Waals surface area contributed by atoms with Gasteiger partial charge < -0.3 is 14.4 Å². The number of hydrogen-bond acceptors (Lipinski definition) is 4. The fraction of sp³-hybridized carbons (Fsp3) is 0.905. The van der Waals surface area contributed by atoms with Gasteiger partial charge >= 0.3 is 5.97 Å². The summed E-state index contributed by atoms with van der Waals surface area (Å²) in [5.74, 6) is 0.135. The van der Waals surface area contributed by atoms with Crippen molar-refractivity contribution in [3.63, 3.8) is 0 Å². The van der Waals surface area contributed by atoms with E-state index in [1.807, 2.05) is 18.7 Å². The monoisotopic (exact) mass is 369 g/mol. The molecule has 1 fully saturated rings. The van der Waals surface area contributed by atoms with Gasteiger partial charge in [0.05, 0.1) is 11.5 Å². The van der Waals surface area contributed by atoms with E-state index in [9.17, 15) is 9.59 Å². The maximum atomic E-state index is 12.9. The molecule has 1 rings (SSSR count). The number of piperidine rings is 1. The lowest BCUT2D eigenvalue weighted by Gasteiger charge is -2.37. The Morgan fingerprint density at radius 3 is 2.04 bits per heavy atom. The summed E-state index contributed by atoms with van der Waals surface area (Å²) in [5, 5.41) is 0. The van der Waals surface area contributed by atoms with Crippen molar-refractivity contribution in [1.29, 1.82) is 0 Å². The van der Waals surface area contributed by atoms with Crippen molar-refractivity contribution < 1.29 is 19.1 Å². The highest BCUT2D eigenvalue weighted by Crippen LogP contribution is 2.34. The van der Waals surface area contributed by atoms with Crippen LogP contribution >= 0.6 is 0 Å². The normalized spacial score (nSPS) is 20.0. The molecule has 1 aliphatic rings. The van der Waals surface area contributed by atoms with E-state index in [0.29, 0.717) is 19.5 Å². The third-order valence-electron chi connectivity index (χ3n) is 5.72. The van der Waals surface area contributed by atoms with Gasteiger partial charge in [0.25, 0.3) is 0 Å². The Morgan fingerprint density at radius 2 is 1.65 bits per heavy atom. The van der Waals surface area contributed by atoms with E-state index >= 15 is 0 Å². The molecule has 26 heavy (non-hydrogen) atoms. The van der Waals surface area contributed by atoms with E-state index < -0.39 is 11.7 Å². The summed E-state index contributed by atoms with van der Waals surface area (Å²) in [7, 11) is 0. The van der Waals surface area contributed by atoms with Crippen LogP contribution in [-0.4, -0.2) is 42.3 Å². The summed E-state index contributed by atoms with van der Waals surface area (Å²) in [6.07, 6.45) is 2.45. The molecule has 2 atom stereocenters. The van der Waals surface area contributed by atoms with E-state index in [4.69, 9.17) is 9.47 Å². The van der Waals surface area contributed by atoms with Crippen LogP contribution in [0.15, 0.2) is 0 Å². The summed E-state index contributed by atoms with van der Waals surface area (Å²) in [6.45, 7) is 17.5. The van der Waals surface area contributed by atoms with Crippen LogP contribution in [0.5, 0.6) is 0 Å². The zero-order valence-electron chi connectivity index (χ0n) is 18.1. The average Bonchev–Trinajstić information content (AvgIpc) is 2.52. The topological polar surface area (TPSA) is 55.8 Å². The minimum Gasteiger partial charge on any atom is -0.435 e. The van der Waals surface area contributed by atoms with E-state index in [0.717, 1.165) is 19.3 Å². The van der Waals surface area contributed by atoms with Crippen LogP contribution < -0.4 is 0 Å². The second kappa shape index (κ2) is 9.20. The standard InChI is InChI=1S/C21H39NO4/c1-9-21(8,15(2)3)19(24)26-18(14-20(5,6)7)25-17-10-12-22(13-11-17)16(4)23/h15,17-18H,9-14H2,1-8H3. The fourth-order valence-electron chi connectivity index (χ4n) is 3.18. The molecule has 0 aliphatic carbocycles. The van der Waals surface area contributed by atoms with Crippen molar-refractivity contribution in [3.8, 4) is 0 Å². The predicted molar refractivity (Wildman–Crippen MR) is 104 cm³/mol. The summed E-state index contributed by atoms with van der Waals surface area (Å²) < 4.78 is 12.1. The van der Waals surface area contributed by atoms with Crippen LogP contribution in [-0.2, 0) is 19.1 Å². The average molecular weight is 370 g/mol. The molecule has 0 radical (unpaired) electrons. The van der Waals surface area contributed by atoms with Gasteiger partial charge in [-0.15, -0.1) is 0 Å². The first kappa shape index (κ1) is 22.9. The maximum absolute atomic E-state index is 12.9. The lowest BCUT2D eigenvalue weighted by Crippen LogP contribution is -2.43. The Bertz CT molecular complexity index is 475. The zero-order valence-corrected chi connectivity index (χ0v) is 18.1. The van der Waals surface area contributed by atoms with Gasteiger partial charge in [-0.1, -0.05) is 41.5 Å². The van der Waals surface area contributed by atoms with Crippen molar-refractivity contribution in [3.05, 3.63) is 0 Å². The zero-order chi connectivity index (χ0) is 20.1. The van der Waals surface area contributed by atoms with E-state index in [1.165, 1.54) is 0 Å². The number of amides is 1. The minimum absolute atomic E-state index is 0.00845. The number of carbonyl (C=O) groups excluding carboxylic acids is 2. The largest absolute Gasteiger partial charge is 0.435 e. The summed E-state index contributed by atoms with van der Waals surface area (Å²) >= 11 is 0. The quantitative estimate of drug-likeness (QED) is 0.493. The molecule has 1 amide bonds. The molecular formula is C21H39NO4. The van der Waals surface area contributed by atoms with Gasteiger partial charge in [-0.25, -0.2) is 0 Å². The van der Waals surface area contributed by atoms with Gasteiger partial charge in [0.15, 0.2) is 0 Å². The maximum Gasteiger partial charge on any atom is 0.314 e. The Hall–Kier alpha value is -1.10. The van der Waals surface area contributed by atoms with Crippen LogP contribution in [0.1, 0.15) is 81.1 Å². The molecule has 0 bridgehead atoms. The predicted octanol–water partition coefficient (Wildman–Crippen LogP) is 4.39. The number of carbonyl (C=O) groups is 2. The first-order valence-corrected chi connectivity index (χ1v) is 10.0. The molecule has 1 heterocycles. The van der Waals surface area contributed by atoms with Gasteiger partial charge in [-0.3, -0.25) is 9.59 Å². The number of ether oxygens (including phenoxy) is 2. The summed E-state index contributed by atoms with van der Waals surface area (Å²) in [5.41, 5.74) is -0.511. The van der Waals surface area contributed by atoms with Crippen LogP contribution in [0.25, 0.3) is 0 Å². The molecule has 0 N–H and O–H groups in total. The number of nitrogens with zero attached hydrogens (tertiary/aromatic N) is 1. The van der Waals surface area contributed by atoms with Crippen molar-refractivity contribution >= 4 is 11.9 Å². The van der Waals surface area contributed by atoms with Gasteiger partial charge in [-0.05, 0) is 37.5 Å². The third-order valence-corrected chi connectivity index (χ3v) is 5.72. The van der Waals surface area contributed by atoms with Crippen molar-refractivity contribution in [2.24, 2.45) is 16.7 Å². The van der Waals surface area contributed by atoms with E-state index in [-0.39, 0.29) is 29.3 Å². The molecule has 0 aromatic carbocycles. The van der Waals surface area contributed by atoms with Gasteiger partial charge in [-0.2, -0.15) is 0 Å². The Kier molecular flexibility index (Phi) is 8.12. The highest BCUT2D eigenvalue weighted by molar-refractivity contribution is 5.76. The lowest BCUT2D eigenvalue weighted by molar-refractivity contribution is -0.211. The highest BCUT2D eigenvalue weighted by Gasteiger charge is 2.39. The Labute approximate surface area is 159 Å². The Balaban J connectivity index is 2.77. The number of hydrogen-bond donors (Lipinski definition) is 0. The molecule has 1 saturated heterocycles. The molecule has 0 aromatic heterocycles. The number of likely N-dealkylation sites (tertiary alicyclic amines) is 1. The van der Waals surface area contributed by atoms with Crippen LogP contribution in [0, 0.1) is 16.7 Å². The number of esters is 1. The molecule has 152 valence electrons. The first-order chi connectivity index (χ1) is 11.9. The molecular weight excluding hydrogens is 330 g/mol. The Morgan fingerprint density at radius 1 is 1.12 bits per heavy atom. The molecule has 0 aromatic rings. The summed E-state index contributed by atoms with van der Waals surface area (Å²) in [6, 6.07) is 0. The lowest BCUT2D eigenvalue weighted by atomic mass is 9.77.